The van der Waals surface area contributed by atoms with Crippen molar-refractivity contribution >= 4 is 10.0 Å². The van der Waals surface area contributed by atoms with Gasteiger partial charge >= 0.3 is 0 Å². The number of ether oxygens (including phenoxy) is 2. The average molecular weight is 343 g/mol. The molecular formula is C15H21NO6S. The van der Waals surface area contributed by atoms with Crippen molar-refractivity contribution in [3.05, 3.63) is 18.2 Å². The van der Waals surface area contributed by atoms with E-state index in [9.17, 15) is 13.5 Å². The normalized spacial score (nSPS) is 25.8. The van der Waals surface area contributed by atoms with Gasteiger partial charge in [0.25, 0.3) is 0 Å². The second-order valence-electron chi connectivity index (χ2n) is 5.82. The van der Waals surface area contributed by atoms with E-state index >= 15 is 0 Å². The highest BCUT2D eigenvalue weighted by atomic mass is 32.2. The van der Waals surface area contributed by atoms with E-state index in [1.165, 1.54) is 16.4 Å². The Kier molecular flexibility index (Phi) is 4.77. The van der Waals surface area contributed by atoms with Crippen molar-refractivity contribution in [1.29, 1.82) is 0 Å². The Morgan fingerprint density at radius 1 is 1.22 bits per heavy atom. The van der Waals surface area contributed by atoms with Crippen molar-refractivity contribution in [2.75, 3.05) is 32.9 Å². The van der Waals surface area contributed by atoms with Crippen molar-refractivity contribution in [2.45, 2.75) is 23.8 Å². The first-order valence-electron chi connectivity index (χ1n) is 7.71. The number of fused-ring (bicyclic) bond motifs is 1. The fourth-order valence-electron chi connectivity index (χ4n) is 2.84. The Morgan fingerprint density at radius 3 is 2.65 bits per heavy atom. The molecule has 0 amide bonds. The number of nitrogens with zero attached hydrogens (tertiary/aromatic N) is 1. The van der Waals surface area contributed by atoms with Gasteiger partial charge in [-0.2, -0.15) is 4.31 Å². The van der Waals surface area contributed by atoms with Crippen molar-refractivity contribution in [2.24, 2.45) is 5.92 Å². The molecule has 0 unspecified atom stereocenters. The van der Waals surface area contributed by atoms with Crippen LogP contribution in [0.4, 0.5) is 0 Å². The average Bonchev–Trinajstić information content (AvgIpc) is 2.79. The SMILES string of the molecule is O=S(=O)(c1ccc2c(c1)OCCCO2)N1CC[C@@H](CO)[C@H](O)C1. The fraction of sp³-hybridized carbons (Fsp3) is 0.600. The topological polar surface area (TPSA) is 96.3 Å². The maximum Gasteiger partial charge on any atom is 0.243 e. The lowest BCUT2D eigenvalue weighted by Crippen LogP contribution is -2.47. The predicted molar refractivity (Wildman–Crippen MR) is 82.0 cm³/mol. The quantitative estimate of drug-likeness (QED) is 0.815. The molecule has 0 aliphatic carbocycles. The minimum atomic E-state index is -3.72. The Labute approximate surface area is 135 Å². The third-order valence-corrected chi connectivity index (χ3v) is 6.14. The number of aliphatic hydroxyl groups excluding tert-OH is 2. The molecule has 128 valence electrons. The molecule has 0 aromatic heterocycles. The van der Waals surface area contributed by atoms with Crippen LogP contribution in [0.5, 0.6) is 11.5 Å². The van der Waals surface area contributed by atoms with Crippen LogP contribution >= 0.6 is 0 Å². The van der Waals surface area contributed by atoms with E-state index in [1.54, 1.807) is 6.07 Å². The lowest BCUT2D eigenvalue weighted by Gasteiger charge is -2.34. The highest BCUT2D eigenvalue weighted by Crippen LogP contribution is 2.33. The van der Waals surface area contributed by atoms with Gasteiger partial charge < -0.3 is 19.7 Å². The van der Waals surface area contributed by atoms with E-state index in [1.807, 2.05) is 0 Å². The molecule has 0 radical (unpaired) electrons. The zero-order valence-electron chi connectivity index (χ0n) is 12.7. The van der Waals surface area contributed by atoms with E-state index in [4.69, 9.17) is 14.6 Å². The molecule has 0 spiro atoms. The largest absolute Gasteiger partial charge is 0.490 e. The van der Waals surface area contributed by atoms with E-state index in [2.05, 4.69) is 0 Å². The van der Waals surface area contributed by atoms with Crippen molar-refractivity contribution in [3.63, 3.8) is 0 Å². The minimum absolute atomic E-state index is 0.0119. The van der Waals surface area contributed by atoms with Gasteiger partial charge in [-0.15, -0.1) is 0 Å². The molecule has 1 aromatic carbocycles. The Bertz CT molecular complexity index is 662. The Morgan fingerprint density at radius 2 is 1.96 bits per heavy atom. The smallest absolute Gasteiger partial charge is 0.243 e. The lowest BCUT2D eigenvalue weighted by molar-refractivity contribution is 0.0222. The highest BCUT2D eigenvalue weighted by molar-refractivity contribution is 7.89. The van der Waals surface area contributed by atoms with Gasteiger partial charge in [-0.25, -0.2) is 8.42 Å². The van der Waals surface area contributed by atoms with E-state index in [-0.39, 0.29) is 30.5 Å². The first kappa shape index (κ1) is 16.5. The van der Waals surface area contributed by atoms with Gasteiger partial charge in [0.05, 0.1) is 24.2 Å². The van der Waals surface area contributed by atoms with E-state index in [0.717, 1.165) is 6.42 Å². The second-order valence-corrected chi connectivity index (χ2v) is 7.76. The molecule has 0 saturated carbocycles. The standard InChI is InChI=1S/C15H21NO6S/c17-10-11-4-5-16(9-13(11)18)23(19,20)12-2-3-14-15(8-12)22-7-1-6-21-14/h2-3,8,11,13,17-18H,1,4-7,9-10H2/t11-,13+/m0/s1. The Hall–Kier alpha value is -1.35. The first-order valence-corrected chi connectivity index (χ1v) is 9.15. The van der Waals surface area contributed by atoms with Gasteiger partial charge in [0.1, 0.15) is 0 Å². The summed E-state index contributed by atoms with van der Waals surface area (Å²) in [5.74, 6) is 0.695. The third-order valence-electron chi connectivity index (χ3n) is 4.28. The molecule has 23 heavy (non-hydrogen) atoms. The molecule has 1 aromatic rings. The maximum atomic E-state index is 12.8. The van der Waals surface area contributed by atoms with E-state index < -0.39 is 16.1 Å². The summed E-state index contributed by atoms with van der Waals surface area (Å²) in [4.78, 5) is 0.122. The molecule has 0 bridgehead atoms. The van der Waals surface area contributed by atoms with Crippen molar-refractivity contribution < 1.29 is 28.1 Å². The fourth-order valence-corrected chi connectivity index (χ4v) is 4.32. The summed E-state index contributed by atoms with van der Waals surface area (Å²) < 4.78 is 37.8. The molecule has 2 aliphatic heterocycles. The molecule has 2 atom stereocenters. The molecule has 2 N–H and O–H groups in total. The van der Waals surface area contributed by atoms with Crippen LogP contribution in [0.25, 0.3) is 0 Å². The van der Waals surface area contributed by atoms with Gasteiger partial charge in [0.2, 0.25) is 10.0 Å². The van der Waals surface area contributed by atoms with E-state index in [0.29, 0.717) is 31.1 Å². The summed E-state index contributed by atoms with van der Waals surface area (Å²) in [7, 11) is -3.72. The zero-order valence-corrected chi connectivity index (χ0v) is 13.5. The summed E-state index contributed by atoms with van der Waals surface area (Å²) >= 11 is 0. The van der Waals surface area contributed by atoms with Crippen LogP contribution in [0.15, 0.2) is 23.1 Å². The van der Waals surface area contributed by atoms with Crippen LogP contribution in [-0.4, -0.2) is 62.0 Å². The second kappa shape index (κ2) is 6.64. The third kappa shape index (κ3) is 3.30. The number of hydrogen-bond acceptors (Lipinski definition) is 6. The van der Waals surface area contributed by atoms with Gasteiger partial charge in [-0.05, 0) is 18.6 Å². The summed E-state index contributed by atoms with van der Waals surface area (Å²) in [5.41, 5.74) is 0. The predicted octanol–water partition coefficient (Wildman–Crippen LogP) is 0.212. The molecule has 7 nitrogen and oxygen atoms in total. The number of aliphatic hydroxyl groups is 2. The maximum absolute atomic E-state index is 12.8. The van der Waals surface area contributed by atoms with Crippen LogP contribution in [-0.2, 0) is 10.0 Å². The van der Waals surface area contributed by atoms with Crippen molar-refractivity contribution in [1.82, 2.24) is 4.31 Å². The van der Waals surface area contributed by atoms with Crippen LogP contribution in [0.1, 0.15) is 12.8 Å². The molecule has 3 rings (SSSR count). The number of β-amino-alcohol motifs (C(OH)–C–C–N with tert-alkyl or cyclic N) is 1. The number of rotatable bonds is 3. The molecule has 2 heterocycles. The van der Waals surface area contributed by atoms with Crippen LogP contribution in [0, 0.1) is 5.92 Å². The lowest BCUT2D eigenvalue weighted by atomic mass is 9.96. The number of sulfonamides is 1. The number of piperidine rings is 1. The van der Waals surface area contributed by atoms with Gasteiger partial charge in [-0.3, -0.25) is 0 Å². The Balaban J connectivity index is 1.84. The molecule has 2 aliphatic rings. The van der Waals surface area contributed by atoms with Gasteiger partial charge in [-0.1, -0.05) is 0 Å². The first-order chi connectivity index (χ1) is 11.0. The molecule has 8 heteroatoms. The van der Waals surface area contributed by atoms with Gasteiger partial charge in [0, 0.05) is 38.1 Å². The number of hydrogen-bond donors (Lipinski definition) is 2. The minimum Gasteiger partial charge on any atom is -0.490 e. The zero-order chi connectivity index (χ0) is 16.4. The summed E-state index contributed by atoms with van der Waals surface area (Å²) in [5, 5.41) is 19.1. The summed E-state index contributed by atoms with van der Waals surface area (Å²) in [6, 6.07) is 4.57. The van der Waals surface area contributed by atoms with Crippen LogP contribution < -0.4 is 9.47 Å². The monoisotopic (exact) mass is 343 g/mol. The molecular weight excluding hydrogens is 322 g/mol. The summed E-state index contributed by atoms with van der Waals surface area (Å²) in [6.45, 7) is 1.15. The van der Waals surface area contributed by atoms with Gasteiger partial charge in [0.15, 0.2) is 11.5 Å². The van der Waals surface area contributed by atoms with Crippen LogP contribution in [0.3, 0.4) is 0 Å². The van der Waals surface area contributed by atoms with Crippen LogP contribution in [0.2, 0.25) is 0 Å². The van der Waals surface area contributed by atoms with Crippen molar-refractivity contribution in [3.8, 4) is 11.5 Å². The number of benzene rings is 1. The molecule has 1 saturated heterocycles. The summed E-state index contributed by atoms with van der Waals surface area (Å²) in [6.07, 6.45) is 0.322. The highest BCUT2D eigenvalue weighted by Gasteiger charge is 2.34. The molecule has 1 fully saturated rings.